The van der Waals surface area contributed by atoms with Gasteiger partial charge in [-0.1, -0.05) is 13.0 Å². The molecule has 1 fully saturated rings. The second-order valence-electron chi connectivity index (χ2n) is 6.50. The van der Waals surface area contributed by atoms with Crippen LogP contribution in [0.1, 0.15) is 51.5 Å². The number of likely N-dealkylation sites (tertiary alicyclic amines) is 1. The van der Waals surface area contributed by atoms with Crippen molar-refractivity contribution in [3.8, 4) is 5.75 Å². The normalized spacial score (nSPS) is 23.1. The van der Waals surface area contributed by atoms with Gasteiger partial charge >= 0.3 is 11.7 Å². The van der Waals surface area contributed by atoms with Crippen molar-refractivity contribution in [2.24, 2.45) is 0 Å². The number of nitro groups is 1. The Morgan fingerprint density at radius 3 is 2.52 bits per heavy atom. The number of hydrogen-bond acceptors (Lipinski definition) is 5. The summed E-state index contributed by atoms with van der Waals surface area (Å²) < 4.78 is 5.83. The van der Waals surface area contributed by atoms with Crippen LogP contribution < -0.4 is 4.74 Å². The molecular weight excluding hydrogens is 324 g/mol. The third-order valence-electron chi connectivity index (χ3n) is 4.68. The molecule has 1 aromatic rings. The van der Waals surface area contributed by atoms with Crippen LogP contribution in [0.4, 0.5) is 5.69 Å². The molecule has 7 heteroatoms. The first-order chi connectivity index (χ1) is 11.9. The summed E-state index contributed by atoms with van der Waals surface area (Å²) >= 11 is 0. The van der Waals surface area contributed by atoms with Crippen molar-refractivity contribution < 1.29 is 23.9 Å². The molecule has 0 saturated carbocycles. The molecule has 0 aromatic heterocycles. The third kappa shape index (κ3) is 4.69. The lowest BCUT2D eigenvalue weighted by Gasteiger charge is -2.39. The smallest absolute Gasteiger partial charge is 0.363 e. The molecule has 1 heterocycles. The van der Waals surface area contributed by atoms with Gasteiger partial charge in [0.05, 0.1) is 11.5 Å². The summed E-state index contributed by atoms with van der Waals surface area (Å²) in [5.41, 5.74) is 1.05. The number of benzene rings is 1. The van der Waals surface area contributed by atoms with Crippen LogP contribution >= 0.6 is 0 Å². The second-order valence-corrected chi connectivity index (χ2v) is 6.50. The summed E-state index contributed by atoms with van der Waals surface area (Å²) in [6.07, 6.45) is 2.69. The number of nitro benzene ring substituents is 1. The Morgan fingerprint density at radius 1 is 1.32 bits per heavy atom. The maximum Gasteiger partial charge on any atom is 0.363 e. The number of hydroxylamine groups is 3. The fourth-order valence-electron chi connectivity index (χ4n) is 3.62. The monoisotopic (exact) mass is 351 g/mol. The molecule has 1 aliphatic rings. The summed E-state index contributed by atoms with van der Waals surface area (Å²) in [5.74, 6) is 0.365. The zero-order chi connectivity index (χ0) is 18.4. The third-order valence-corrected chi connectivity index (χ3v) is 4.68. The predicted molar refractivity (Wildman–Crippen MR) is 93.2 cm³/mol. The average Bonchev–Trinajstić information content (AvgIpc) is 2.55. The van der Waals surface area contributed by atoms with Crippen molar-refractivity contribution in [3.63, 3.8) is 0 Å². The summed E-state index contributed by atoms with van der Waals surface area (Å²) in [6, 6.07) is 5.13. The highest BCUT2D eigenvalue weighted by molar-refractivity contribution is 5.65. The van der Waals surface area contributed by atoms with Gasteiger partial charge in [-0.05, 0) is 30.9 Å². The van der Waals surface area contributed by atoms with Gasteiger partial charge in [0, 0.05) is 25.8 Å². The molecule has 1 aromatic carbocycles. The number of nitrogens with zero attached hydrogens (tertiary/aromatic N) is 2. The number of hydrogen-bond donors (Lipinski definition) is 0. The minimum absolute atomic E-state index is 0.00238. The molecular formula is C18H27N2O5+. The van der Waals surface area contributed by atoms with E-state index in [-0.39, 0.29) is 11.7 Å². The highest BCUT2D eigenvalue weighted by atomic mass is 16.7. The first-order valence-corrected chi connectivity index (χ1v) is 8.88. The van der Waals surface area contributed by atoms with Crippen molar-refractivity contribution in [3.05, 3.63) is 33.9 Å². The van der Waals surface area contributed by atoms with Crippen LogP contribution in [-0.2, 0) is 9.63 Å². The van der Waals surface area contributed by atoms with Gasteiger partial charge in [0.1, 0.15) is 19.6 Å². The zero-order valence-electron chi connectivity index (χ0n) is 15.2. The van der Waals surface area contributed by atoms with Crippen LogP contribution in [0.2, 0.25) is 0 Å². The summed E-state index contributed by atoms with van der Waals surface area (Å²) in [7, 11) is 0. The lowest BCUT2D eigenvalue weighted by Crippen LogP contribution is -2.53. The Labute approximate surface area is 148 Å². The minimum Gasteiger partial charge on any atom is -0.487 e. The number of carbonyl (C=O) groups excluding carboxylic acids is 1. The molecule has 7 nitrogen and oxygen atoms in total. The van der Waals surface area contributed by atoms with Crippen molar-refractivity contribution in [1.29, 1.82) is 0 Å². The second kappa shape index (κ2) is 8.29. The van der Waals surface area contributed by atoms with Crippen LogP contribution in [0.5, 0.6) is 5.75 Å². The van der Waals surface area contributed by atoms with E-state index in [4.69, 9.17) is 9.57 Å². The van der Waals surface area contributed by atoms with E-state index in [0.717, 1.165) is 44.5 Å². The van der Waals surface area contributed by atoms with Crippen LogP contribution in [0.3, 0.4) is 0 Å². The summed E-state index contributed by atoms with van der Waals surface area (Å²) in [5, 5.41) is 11.1. The molecule has 1 saturated heterocycles. The SMILES string of the molecule is CCC[N+]1(OC(C)=O)CCC(c2ccc([N+](=O)[O-])c(OCC)c2)CC1. The molecule has 0 atom stereocenters. The zero-order valence-corrected chi connectivity index (χ0v) is 15.2. The van der Waals surface area contributed by atoms with Crippen molar-refractivity contribution >= 4 is 11.7 Å². The van der Waals surface area contributed by atoms with Crippen molar-refractivity contribution in [2.75, 3.05) is 26.2 Å². The standard InChI is InChI=1S/C18H27N2O5/c1-4-10-20(25-14(3)21)11-8-15(9-12-20)16-6-7-17(19(22)23)18(13-16)24-5-2/h6-7,13,15H,4-5,8-12H2,1-3H3/q+1. The first kappa shape index (κ1) is 19.2. The van der Waals surface area contributed by atoms with Gasteiger partial charge in [-0.2, -0.15) is 0 Å². The predicted octanol–water partition coefficient (Wildman–Crippen LogP) is 3.58. The van der Waals surface area contributed by atoms with Crippen LogP contribution in [-0.4, -0.2) is 41.8 Å². The van der Waals surface area contributed by atoms with Gasteiger partial charge in [0.2, 0.25) is 0 Å². The molecule has 1 aliphatic heterocycles. The molecule has 0 N–H and O–H groups in total. The van der Waals surface area contributed by atoms with E-state index in [2.05, 4.69) is 6.92 Å². The van der Waals surface area contributed by atoms with Crippen LogP contribution in [0, 0.1) is 10.1 Å². The average molecular weight is 351 g/mol. The van der Waals surface area contributed by atoms with E-state index in [0.29, 0.717) is 22.9 Å². The lowest BCUT2D eigenvalue weighted by molar-refractivity contribution is -1.09. The molecule has 2 rings (SSSR count). The maximum atomic E-state index is 11.4. The Kier molecular flexibility index (Phi) is 6.36. The number of rotatable bonds is 7. The van der Waals surface area contributed by atoms with Crippen LogP contribution in [0.15, 0.2) is 18.2 Å². The quantitative estimate of drug-likeness (QED) is 0.426. The van der Waals surface area contributed by atoms with Gasteiger partial charge < -0.3 is 4.74 Å². The highest BCUT2D eigenvalue weighted by Gasteiger charge is 2.38. The summed E-state index contributed by atoms with van der Waals surface area (Å²) in [6.45, 7) is 8.08. The lowest BCUT2D eigenvalue weighted by atomic mass is 9.88. The van der Waals surface area contributed by atoms with E-state index in [1.54, 1.807) is 6.07 Å². The summed E-state index contributed by atoms with van der Waals surface area (Å²) in [4.78, 5) is 27.7. The highest BCUT2D eigenvalue weighted by Crippen LogP contribution is 2.36. The van der Waals surface area contributed by atoms with Crippen LogP contribution in [0.25, 0.3) is 0 Å². The Bertz CT molecular complexity index is 624. The van der Waals surface area contributed by atoms with Crippen molar-refractivity contribution in [2.45, 2.75) is 46.0 Å². The molecule has 0 aliphatic carbocycles. The Morgan fingerprint density at radius 2 is 2.00 bits per heavy atom. The number of ether oxygens (including phenoxy) is 1. The van der Waals surface area contributed by atoms with Gasteiger partial charge in [0.15, 0.2) is 5.75 Å². The van der Waals surface area contributed by atoms with Gasteiger partial charge in [0.25, 0.3) is 0 Å². The van der Waals surface area contributed by atoms with E-state index in [1.165, 1.54) is 13.0 Å². The van der Waals surface area contributed by atoms with Gasteiger partial charge in [-0.3, -0.25) is 15.0 Å². The Hall–Kier alpha value is -2.15. The molecule has 0 radical (unpaired) electrons. The minimum atomic E-state index is -0.417. The van der Waals surface area contributed by atoms with E-state index in [9.17, 15) is 14.9 Å². The topological polar surface area (TPSA) is 78.7 Å². The Balaban J connectivity index is 2.15. The number of quaternary nitrogens is 1. The first-order valence-electron chi connectivity index (χ1n) is 8.88. The fourth-order valence-corrected chi connectivity index (χ4v) is 3.62. The van der Waals surface area contributed by atoms with E-state index < -0.39 is 4.92 Å². The van der Waals surface area contributed by atoms with E-state index >= 15 is 0 Å². The molecule has 0 spiro atoms. The molecule has 0 bridgehead atoms. The number of piperidine rings is 1. The molecule has 0 amide bonds. The fraction of sp³-hybridized carbons (Fsp3) is 0.611. The molecule has 0 unspecified atom stereocenters. The number of carbonyl (C=O) groups is 1. The largest absolute Gasteiger partial charge is 0.487 e. The van der Waals surface area contributed by atoms with Gasteiger partial charge in [-0.15, -0.1) is 4.65 Å². The maximum absolute atomic E-state index is 11.4. The van der Waals surface area contributed by atoms with Gasteiger partial charge in [-0.25, -0.2) is 4.79 Å². The molecule has 138 valence electrons. The molecule has 25 heavy (non-hydrogen) atoms. The van der Waals surface area contributed by atoms with Crippen molar-refractivity contribution in [1.82, 2.24) is 0 Å². The van der Waals surface area contributed by atoms with E-state index in [1.807, 2.05) is 13.0 Å².